The summed E-state index contributed by atoms with van der Waals surface area (Å²) in [4.78, 5) is 32.0. The van der Waals surface area contributed by atoms with Gasteiger partial charge in [-0.15, -0.1) is 0 Å². The Hall–Kier alpha value is -2.34. The largest absolute Gasteiger partial charge is 0.335 e. The van der Waals surface area contributed by atoms with E-state index in [1.54, 1.807) is 22.9 Å². The highest BCUT2D eigenvalue weighted by atomic mass is 35.5. The summed E-state index contributed by atoms with van der Waals surface area (Å²) in [7, 11) is 1.76. The molecule has 0 aliphatic carbocycles. The molecule has 7 heteroatoms. The maximum atomic E-state index is 12.6. The van der Waals surface area contributed by atoms with Gasteiger partial charge in [-0.05, 0) is 12.1 Å². The number of likely N-dealkylation sites (N-methyl/N-ethyl adjacent to an activating group) is 1. The van der Waals surface area contributed by atoms with Crippen molar-refractivity contribution in [2.45, 2.75) is 5.54 Å². The van der Waals surface area contributed by atoms with Gasteiger partial charge in [-0.1, -0.05) is 29.8 Å². The predicted octanol–water partition coefficient (Wildman–Crippen LogP) is 1.74. The highest BCUT2D eigenvalue weighted by Gasteiger charge is 2.53. The SMILES string of the molecule is CN1C(=O)NCC12CN(C(=O)c1cc(Cl)c3ccccc3n1)C2. The summed E-state index contributed by atoms with van der Waals surface area (Å²) in [6.45, 7) is 1.58. The van der Waals surface area contributed by atoms with Crippen molar-refractivity contribution in [1.29, 1.82) is 0 Å². The zero-order chi connectivity index (χ0) is 16.2. The smallest absolute Gasteiger partial charge is 0.317 e. The Labute approximate surface area is 138 Å². The van der Waals surface area contributed by atoms with Gasteiger partial charge in [0.15, 0.2) is 0 Å². The van der Waals surface area contributed by atoms with Crippen LogP contribution in [0.3, 0.4) is 0 Å². The maximum absolute atomic E-state index is 12.6. The minimum atomic E-state index is -0.284. The van der Waals surface area contributed by atoms with E-state index in [0.29, 0.717) is 35.9 Å². The van der Waals surface area contributed by atoms with E-state index in [4.69, 9.17) is 11.6 Å². The van der Waals surface area contributed by atoms with E-state index < -0.39 is 0 Å². The van der Waals surface area contributed by atoms with Crippen LogP contribution in [0, 0.1) is 0 Å². The summed E-state index contributed by atoms with van der Waals surface area (Å²) in [5, 5.41) is 4.15. The van der Waals surface area contributed by atoms with Crippen molar-refractivity contribution < 1.29 is 9.59 Å². The molecule has 1 spiro atoms. The van der Waals surface area contributed by atoms with E-state index in [2.05, 4.69) is 10.3 Å². The second-order valence-corrected chi connectivity index (χ2v) is 6.52. The van der Waals surface area contributed by atoms with Gasteiger partial charge >= 0.3 is 6.03 Å². The first kappa shape index (κ1) is 14.3. The molecule has 2 saturated heterocycles. The molecule has 3 amide bonds. The lowest BCUT2D eigenvalue weighted by Crippen LogP contribution is -2.70. The molecule has 6 nitrogen and oxygen atoms in total. The third-order valence-electron chi connectivity index (χ3n) is 4.73. The number of benzene rings is 1. The predicted molar refractivity (Wildman–Crippen MR) is 86.5 cm³/mol. The van der Waals surface area contributed by atoms with E-state index in [1.165, 1.54) is 0 Å². The van der Waals surface area contributed by atoms with Crippen molar-refractivity contribution >= 4 is 34.4 Å². The van der Waals surface area contributed by atoms with Gasteiger partial charge in [0.25, 0.3) is 5.91 Å². The third kappa shape index (κ3) is 2.05. The Kier molecular flexibility index (Phi) is 2.99. The summed E-state index contributed by atoms with van der Waals surface area (Å²) >= 11 is 6.26. The number of rotatable bonds is 1. The number of aromatic nitrogens is 1. The summed E-state index contributed by atoms with van der Waals surface area (Å²) in [6.07, 6.45) is 0. The number of fused-ring (bicyclic) bond motifs is 1. The molecule has 0 unspecified atom stereocenters. The first-order valence-corrected chi connectivity index (χ1v) is 7.74. The summed E-state index contributed by atoms with van der Waals surface area (Å²) < 4.78 is 0. The Morgan fingerprint density at radius 2 is 2.09 bits per heavy atom. The van der Waals surface area contributed by atoms with Crippen LogP contribution >= 0.6 is 11.6 Å². The number of para-hydroxylation sites is 1. The van der Waals surface area contributed by atoms with Crippen LogP contribution < -0.4 is 5.32 Å². The Morgan fingerprint density at radius 1 is 1.35 bits per heavy atom. The average molecular weight is 331 g/mol. The first-order valence-electron chi connectivity index (χ1n) is 7.36. The number of carbonyl (C=O) groups is 2. The van der Waals surface area contributed by atoms with Crippen LogP contribution in [0.1, 0.15) is 10.5 Å². The molecule has 118 valence electrons. The topological polar surface area (TPSA) is 65.5 Å². The lowest BCUT2D eigenvalue weighted by Gasteiger charge is -2.50. The van der Waals surface area contributed by atoms with Gasteiger partial charge in [-0.3, -0.25) is 4.79 Å². The number of halogens is 1. The lowest BCUT2D eigenvalue weighted by atomic mass is 9.89. The number of hydrogen-bond acceptors (Lipinski definition) is 3. The van der Waals surface area contributed by atoms with E-state index in [0.717, 1.165) is 5.39 Å². The molecule has 3 heterocycles. The fraction of sp³-hybridized carbons (Fsp3) is 0.312. The number of likely N-dealkylation sites (tertiary alicyclic amines) is 1. The number of nitrogens with zero attached hydrogens (tertiary/aromatic N) is 3. The normalized spacial score (nSPS) is 19.1. The number of hydrogen-bond donors (Lipinski definition) is 1. The monoisotopic (exact) mass is 330 g/mol. The number of carbonyl (C=O) groups excluding carboxylic acids is 2. The minimum absolute atomic E-state index is 0.0935. The molecule has 0 saturated carbocycles. The van der Waals surface area contributed by atoms with Gasteiger partial charge in [0, 0.05) is 32.1 Å². The molecule has 0 atom stereocenters. The van der Waals surface area contributed by atoms with Gasteiger partial charge in [-0.25, -0.2) is 9.78 Å². The Balaban J connectivity index is 1.58. The van der Waals surface area contributed by atoms with Crippen LogP contribution in [0.25, 0.3) is 10.9 Å². The molecule has 1 N–H and O–H groups in total. The number of nitrogens with one attached hydrogen (secondary N) is 1. The highest BCUT2D eigenvalue weighted by Crippen LogP contribution is 2.31. The highest BCUT2D eigenvalue weighted by molar-refractivity contribution is 6.35. The molecule has 0 bridgehead atoms. The van der Waals surface area contributed by atoms with E-state index in [9.17, 15) is 9.59 Å². The van der Waals surface area contributed by atoms with Crippen LogP contribution in [0.15, 0.2) is 30.3 Å². The molecule has 2 aliphatic heterocycles. The summed E-state index contributed by atoms with van der Waals surface area (Å²) in [5.41, 5.74) is 0.754. The van der Waals surface area contributed by atoms with E-state index in [1.807, 2.05) is 24.3 Å². The summed E-state index contributed by atoms with van der Waals surface area (Å²) in [5.74, 6) is -0.156. The van der Waals surface area contributed by atoms with Crippen molar-refractivity contribution in [2.75, 3.05) is 26.7 Å². The minimum Gasteiger partial charge on any atom is -0.335 e. The van der Waals surface area contributed by atoms with Crippen molar-refractivity contribution in [1.82, 2.24) is 20.1 Å². The zero-order valence-corrected chi connectivity index (χ0v) is 13.3. The van der Waals surface area contributed by atoms with Gasteiger partial charge in [0.1, 0.15) is 5.69 Å². The van der Waals surface area contributed by atoms with Crippen molar-refractivity contribution in [3.8, 4) is 0 Å². The Bertz CT molecular complexity index is 832. The van der Waals surface area contributed by atoms with Crippen molar-refractivity contribution in [3.05, 3.63) is 41.0 Å². The number of pyridine rings is 1. The van der Waals surface area contributed by atoms with E-state index in [-0.39, 0.29) is 17.5 Å². The molecular formula is C16H15ClN4O2. The molecule has 1 aromatic carbocycles. The first-order chi connectivity index (χ1) is 11.0. The van der Waals surface area contributed by atoms with Gasteiger partial charge in [0.05, 0.1) is 16.1 Å². The van der Waals surface area contributed by atoms with Gasteiger partial charge < -0.3 is 15.1 Å². The molecule has 23 heavy (non-hydrogen) atoms. The number of urea groups is 1. The van der Waals surface area contributed by atoms with Crippen molar-refractivity contribution in [2.24, 2.45) is 0 Å². The van der Waals surface area contributed by atoms with Gasteiger partial charge in [0.2, 0.25) is 0 Å². The summed E-state index contributed by atoms with van der Waals surface area (Å²) in [6, 6.07) is 8.98. The van der Waals surface area contributed by atoms with Crippen LogP contribution in [-0.2, 0) is 0 Å². The molecule has 1 aromatic heterocycles. The molecule has 4 rings (SSSR count). The Morgan fingerprint density at radius 3 is 2.78 bits per heavy atom. The van der Waals surface area contributed by atoms with Crippen LogP contribution in [0.4, 0.5) is 4.79 Å². The third-order valence-corrected chi connectivity index (χ3v) is 5.04. The number of amides is 3. The fourth-order valence-corrected chi connectivity index (χ4v) is 3.49. The molecular weight excluding hydrogens is 316 g/mol. The fourth-order valence-electron chi connectivity index (χ4n) is 3.23. The second-order valence-electron chi connectivity index (χ2n) is 6.11. The van der Waals surface area contributed by atoms with Crippen LogP contribution in [0.2, 0.25) is 5.02 Å². The van der Waals surface area contributed by atoms with Crippen LogP contribution in [-0.4, -0.2) is 58.9 Å². The molecule has 2 fully saturated rings. The van der Waals surface area contributed by atoms with Gasteiger partial charge in [-0.2, -0.15) is 0 Å². The van der Waals surface area contributed by atoms with Crippen molar-refractivity contribution in [3.63, 3.8) is 0 Å². The quantitative estimate of drug-likeness (QED) is 0.866. The molecule has 2 aliphatic rings. The molecule has 2 aromatic rings. The lowest BCUT2D eigenvalue weighted by molar-refractivity contribution is 0.00738. The second kappa shape index (κ2) is 4.83. The zero-order valence-electron chi connectivity index (χ0n) is 12.5. The average Bonchev–Trinajstić information content (AvgIpc) is 2.81. The maximum Gasteiger partial charge on any atom is 0.317 e. The molecule has 0 radical (unpaired) electrons. The van der Waals surface area contributed by atoms with E-state index >= 15 is 0 Å². The van der Waals surface area contributed by atoms with Crippen LogP contribution in [0.5, 0.6) is 0 Å². The standard InChI is InChI=1S/C16H15ClN4O2/c1-20-15(23)18-7-16(20)8-21(9-16)14(22)13-6-11(17)10-4-2-3-5-12(10)19-13/h2-6H,7-9H2,1H3,(H,18,23).